The summed E-state index contributed by atoms with van der Waals surface area (Å²) in [6.07, 6.45) is 8.70. The van der Waals surface area contributed by atoms with Gasteiger partial charge < -0.3 is 16.2 Å². The minimum Gasteiger partial charge on any atom is -0.479 e. The first-order valence-electron chi connectivity index (χ1n) is 4.76. The number of carbonyl (C=O) groups is 2. The fourth-order valence-electron chi connectivity index (χ4n) is 1.32. The van der Waals surface area contributed by atoms with Gasteiger partial charge in [-0.15, -0.1) is 0 Å². The minimum atomic E-state index is -1.11. The summed E-state index contributed by atoms with van der Waals surface area (Å²) in [6, 6.07) is -1.05. The van der Waals surface area contributed by atoms with Crippen molar-refractivity contribution in [1.29, 1.82) is 0 Å². The van der Waals surface area contributed by atoms with Crippen LogP contribution in [-0.2, 0) is 9.59 Å². The van der Waals surface area contributed by atoms with Gasteiger partial charge in [0.2, 0.25) is 6.41 Å². The van der Waals surface area contributed by atoms with Gasteiger partial charge in [0, 0.05) is 0 Å². The van der Waals surface area contributed by atoms with Crippen molar-refractivity contribution in [3.05, 3.63) is 36.0 Å². The van der Waals surface area contributed by atoms with E-state index >= 15 is 0 Å². The molecule has 2 atom stereocenters. The van der Waals surface area contributed by atoms with Crippen molar-refractivity contribution in [1.82, 2.24) is 5.32 Å². The van der Waals surface area contributed by atoms with Crippen molar-refractivity contribution in [2.45, 2.75) is 18.5 Å². The topological polar surface area (TPSA) is 92.4 Å². The minimum absolute atomic E-state index is 0.365. The fourth-order valence-corrected chi connectivity index (χ4v) is 1.32. The summed E-state index contributed by atoms with van der Waals surface area (Å²) in [6.45, 7) is 1.79. The standard InChI is InChI=1S/C11H14N2O3/c1-11(12)5-2-3-8(4-6-11)9(10(15)16)13-7-14/h2-7,9H,12H2,1H3,(H,13,14)(H,15,16). The van der Waals surface area contributed by atoms with Crippen LogP contribution in [-0.4, -0.2) is 29.1 Å². The number of allylic oxidation sites excluding steroid dienone is 2. The lowest BCUT2D eigenvalue weighted by atomic mass is 10.0. The first-order chi connectivity index (χ1) is 7.46. The molecule has 1 aliphatic carbocycles. The molecule has 0 spiro atoms. The molecule has 0 aromatic rings. The van der Waals surface area contributed by atoms with E-state index in [0.29, 0.717) is 12.0 Å². The number of nitrogens with one attached hydrogen (secondary N) is 1. The molecule has 0 aromatic carbocycles. The Morgan fingerprint density at radius 1 is 1.62 bits per heavy atom. The predicted molar refractivity (Wildman–Crippen MR) is 59.6 cm³/mol. The number of hydrogen-bond acceptors (Lipinski definition) is 3. The Hall–Kier alpha value is -1.88. The number of carboxylic acid groups (broad SMARTS) is 1. The second kappa shape index (κ2) is 4.76. The highest BCUT2D eigenvalue weighted by Crippen LogP contribution is 2.14. The maximum atomic E-state index is 10.9. The third-order valence-corrected chi connectivity index (χ3v) is 2.19. The molecule has 1 rings (SSSR count). The van der Waals surface area contributed by atoms with Gasteiger partial charge in [0.1, 0.15) is 0 Å². The van der Waals surface area contributed by atoms with Crippen LogP contribution in [0.1, 0.15) is 6.92 Å². The Labute approximate surface area is 93.3 Å². The summed E-state index contributed by atoms with van der Waals surface area (Å²) in [5.41, 5.74) is 5.71. The summed E-state index contributed by atoms with van der Waals surface area (Å²) in [5, 5.41) is 11.2. The number of carbonyl (C=O) groups excluding carboxylic acids is 1. The quantitative estimate of drug-likeness (QED) is 0.582. The molecule has 86 valence electrons. The third-order valence-electron chi connectivity index (χ3n) is 2.19. The average molecular weight is 222 g/mol. The van der Waals surface area contributed by atoms with Crippen LogP contribution in [0.5, 0.6) is 0 Å². The van der Waals surface area contributed by atoms with Crippen molar-refractivity contribution < 1.29 is 14.7 Å². The molecular weight excluding hydrogens is 208 g/mol. The first-order valence-corrected chi connectivity index (χ1v) is 4.76. The normalized spacial score (nSPS) is 25.5. The van der Waals surface area contributed by atoms with Gasteiger partial charge in [-0.1, -0.05) is 30.4 Å². The van der Waals surface area contributed by atoms with Gasteiger partial charge in [-0.25, -0.2) is 4.79 Å². The van der Waals surface area contributed by atoms with Gasteiger partial charge >= 0.3 is 5.97 Å². The smallest absolute Gasteiger partial charge is 0.330 e. The molecule has 4 N–H and O–H groups in total. The Balaban J connectivity index is 2.96. The van der Waals surface area contributed by atoms with E-state index in [1.807, 2.05) is 0 Å². The zero-order valence-electron chi connectivity index (χ0n) is 8.88. The molecule has 0 saturated carbocycles. The molecule has 1 aliphatic rings. The molecule has 0 heterocycles. The summed E-state index contributed by atoms with van der Waals surface area (Å²) >= 11 is 0. The van der Waals surface area contributed by atoms with Crippen LogP contribution in [0.3, 0.4) is 0 Å². The molecule has 1 amide bonds. The number of carboxylic acids is 1. The van der Waals surface area contributed by atoms with Crippen molar-refractivity contribution in [3.8, 4) is 0 Å². The van der Waals surface area contributed by atoms with Gasteiger partial charge in [0.15, 0.2) is 6.04 Å². The molecule has 16 heavy (non-hydrogen) atoms. The summed E-state index contributed by atoms with van der Waals surface area (Å²) < 4.78 is 0. The zero-order chi connectivity index (χ0) is 12.2. The number of aliphatic carboxylic acids is 1. The number of nitrogens with two attached hydrogens (primary N) is 1. The van der Waals surface area contributed by atoms with Gasteiger partial charge in [0.25, 0.3) is 0 Å². The summed E-state index contributed by atoms with van der Waals surface area (Å²) in [4.78, 5) is 21.2. The molecule has 5 heteroatoms. The van der Waals surface area contributed by atoms with Crippen LogP contribution >= 0.6 is 0 Å². The summed E-state index contributed by atoms with van der Waals surface area (Å²) in [7, 11) is 0. The highest BCUT2D eigenvalue weighted by atomic mass is 16.4. The Morgan fingerprint density at radius 2 is 2.31 bits per heavy atom. The van der Waals surface area contributed by atoms with Crippen molar-refractivity contribution >= 4 is 12.4 Å². The van der Waals surface area contributed by atoms with E-state index in [4.69, 9.17) is 10.8 Å². The number of hydrogen-bond donors (Lipinski definition) is 3. The second-order valence-electron chi connectivity index (χ2n) is 3.78. The lowest BCUT2D eigenvalue weighted by Gasteiger charge is -2.14. The van der Waals surface area contributed by atoms with Gasteiger partial charge in [-0.05, 0) is 12.5 Å². The predicted octanol–water partition coefficient (Wildman–Crippen LogP) is -0.0446. The van der Waals surface area contributed by atoms with Gasteiger partial charge in [-0.2, -0.15) is 0 Å². The Morgan fingerprint density at radius 3 is 2.88 bits per heavy atom. The highest BCUT2D eigenvalue weighted by Gasteiger charge is 2.21. The second-order valence-corrected chi connectivity index (χ2v) is 3.78. The van der Waals surface area contributed by atoms with Crippen LogP contribution in [0.4, 0.5) is 0 Å². The van der Waals surface area contributed by atoms with Gasteiger partial charge in [0.05, 0.1) is 5.54 Å². The Kier molecular flexibility index (Phi) is 3.63. The highest BCUT2D eigenvalue weighted by molar-refractivity contribution is 5.81. The molecular formula is C11H14N2O3. The summed E-state index contributed by atoms with van der Waals surface area (Å²) in [5.74, 6) is -1.11. The Bertz CT molecular complexity index is 381. The molecule has 0 saturated heterocycles. The van der Waals surface area contributed by atoms with Crippen LogP contribution in [0.25, 0.3) is 0 Å². The number of amides is 1. The lowest BCUT2D eigenvalue weighted by molar-refractivity contribution is -0.139. The van der Waals surface area contributed by atoms with Crippen LogP contribution < -0.4 is 11.1 Å². The SMILES string of the molecule is CC1(N)C=CC=C(C(NC=O)C(=O)O)C=C1. The monoisotopic (exact) mass is 222 g/mol. The van der Waals surface area contributed by atoms with E-state index in [9.17, 15) is 9.59 Å². The van der Waals surface area contributed by atoms with Crippen molar-refractivity contribution in [2.75, 3.05) is 0 Å². The fraction of sp³-hybridized carbons (Fsp3) is 0.273. The molecule has 0 radical (unpaired) electrons. The molecule has 0 aromatic heterocycles. The maximum absolute atomic E-state index is 10.9. The molecule has 0 bridgehead atoms. The average Bonchev–Trinajstić information content (AvgIpc) is 2.35. The first kappa shape index (κ1) is 12.2. The van der Waals surface area contributed by atoms with E-state index in [2.05, 4.69) is 5.32 Å². The maximum Gasteiger partial charge on any atom is 0.330 e. The molecule has 5 nitrogen and oxygen atoms in total. The lowest BCUT2D eigenvalue weighted by Crippen LogP contribution is -2.37. The van der Waals surface area contributed by atoms with E-state index in [-0.39, 0.29) is 0 Å². The van der Waals surface area contributed by atoms with Crippen LogP contribution in [0.15, 0.2) is 36.0 Å². The van der Waals surface area contributed by atoms with Crippen LogP contribution in [0.2, 0.25) is 0 Å². The van der Waals surface area contributed by atoms with Gasteiger partial charge in [-0.3, -0.25) is 4.79 Å². The van der Waals surface area contributed by atoms with Crippen molar-refractivity contribution in [2.24, 2.45) is 5.73 Å². The molecule has 0 fully saturated rings. The number of rotatable bonds is 4. The van der Waals surface area contributed by atoms with E-state index in [1.54, 1.807) is 37.3 Å². The molecule has 0 aliphatic heterocycles. The van der Waals surface area contributed by atoms with E-state index in [1.165, 1.54) is 0 Å². The molecule has 2 unspecified atom stereocenters. The van der Waals surface area contributed by atoms with E-state index in [0.717, 1.165) is 0 Å². The van der Waals surface area contributed by atoms with Crippen molar-refractivity contribution in [3.63, 3.8) is 0 Å². The largest absolute Gasteiger partial charge is 0.479 e. The third kappa shape index (κ3) is 3.06. The van der Waals surface area contributed by atoms with Crippen LogP contribution in [0, 0.1) is 0 Å². The van der Waals surface area contributed by atoms with E-state index < -0.39 is 17.6 Å². The zero-order valence-corrected chi connectivity index (χ0v) is 8.88.